The van der Waals surface area contributed by atoms with Gasteiger partial charge in [0.25, 0.3) is 0 Å². The first-order valence-electron chi connectivity index (χ1n) is 6.24. The maximum atomic E-state index is 11.6. The summed E-state index contributed by atoms with van der Waals surface area (Å²) in [7, 11) is 1.71. The predicted octanol–water partition coefficient (Wildman–Crippen LogP) is -0.573. The van der Waals surface area contributed by atoms with Crippen LogP contribution in [0.1, 0.15) is 11.4 Å². The van der Waals surface area contributed by atoms with Crippen molar-refractivity contribution in [3.05, 3.63) is 33.2 Å². The number of aromatic amines is 1. The maximum absolute atomic E-state index is 11.6. The monoisotopic (exact) mass is 312 g/mol. The zero-order valence-corrected chi connectivity index (χ0v) is 11.9. The van der Waals surface area contributed by atoms with E-state index >= 15 is 0 Å². The van der Waals surface area contributed by atoms with Crippen LogP contribution in [0.4, 0.5) is 0 Å². The standard InChI is InChI=1S/C11H13ClN6O3/c1-16-9(12)6(2-13-16)3-17-5-8-14-15-11(21)18(8)4-7(17)10(19)20/h2,7H,3-5H2,1H3,(H,15,21)(H,19,20). The summed E-state index contributed by atoms with van der Waals surface area (Å²) in [5.74, 6) is -0.480. The van der Waals surface area contributed by atoms with E-state index < -0.39 is 17.7 Å². The Morgan fingerprint density at radius 2 is 2.38 bits per heavy atom. The lowest BCUT2D eigenvalue weighted by atomic mass is 10.1. The number of hydrogen-bond acceptors (Lipinski definition) is 5. The molecule has 1 atom stereocenters. The van der Waals surface area contributed by atoms with Gasteiger partial charge in [-0.2, -0.15) is 10.2 Å². The van der Waals surface area contributed by atoms with Gasteiger partial charge in [0.1, 0.15) is 17.0 Å². The number of carbonyl (C=O) groups is 1. The zero-order chi connectivity index (χ0) is 15.1. The van der Waals surface area contributed by atoms with Crippen LogP contribution in [-0.4, -0.2) is 46.6 Å². The predicted molar refractivity (Wildman–Crippen MR) is 71.7 cm³/mol. The Morgan fingerprint density at radius 1 is 1.62 bits per heavy atom. The molecule has 0 aliphatic carbocycles. The highest BCUT2D eigenvalue weighted by Gasteiger charge is 2.34. The lowest BCUT2D eigenvalue weighted by Crippen LogP contribution is -2.49. The minimum atomic E-state index is -0.992. The van der Waals surface area contributed by atoms with E-state index in [4.69, 9.17) is 11.6 Å². The van der Waals surface area contributed by atoms with Crippen molar-refractivity contribution in [2.75, 3.05) is 0 Å². The Bertz CT molecular complexity index is 747. The number of halogens is 1. The molecule has 21 heavy (non-hydrogen) atoms. The molecule has 9 nitrogen and oxygen atoms in total. The van der Waals surface area contributed by atoms with E-state index in [1.807, 2.05) is 0 Å². The lowest BCUT2D eigenvalue weighted by molar-refractivity contribution is -0.145. The minimum Gasteiger partial charge on any atom is -0.480 e. The van der Waals surface area contributed by atoms with Crippen molar-refractivity contribution in [1.29, 1.82) is 0 Å². The molecule has 10 heteroatoms. The van der Waals surface area contributed by atoms with E-state index in [9.17, 15) is 14.7 Å². The summed E-state index contributed by atoms with van der Waals surface area (Å²) >= 11 is 6.11. The summed E-state index contributed by atoms with van der Waals surface area (Å²) in [6.45, 7) is 0.628. The van der Waals surface area contributed by atoms with Gasteiger partial charge in [0, 0.05) is 19.2 Å². The van der Waals surface area contributed by atoms with Crippen LogP contribution in [0, 0.1) is 0 Å². The van der Waals surface area contributed by atoms with Crippen LogP contribution in [0.15, 0.2) is 11.0 Å². The van der Waals surface area contributed by atoms with Gasteiger partial charge in [-0.05, 0) is 0 Å². The first-order chi connectivity index (χ1) is 9.97. The van der Waals surface area contributed by atoms with Gasteiger partial charge in [-0.25, -0.2) is 9.89 Å². The highest BCUT2D eigenvalue weighted by Crippen LogP contribution is 2.21. The Labute approximate surface area is 123 Å². The highest BCUT2D eigenvalue weighted by atomic mass is 35.5. The van der Waals surface area contributed by atoms with E-state index in [1.165, 1.54) is 9.25 Å². The molecule has 0 radical (unpaired) electrons. The van der Waals surface area contributed by atoms with Gasteiger partial charge in [-0.15, -0.1) is 0 Å². The van der Waals surface area contributed by atoms with E-state index in [1.54, 1.807) is 18.1 Å². The Morgan fingerprint density at radius 3 is 3.00 bits per heavy atom. The van der Waals surface area contributed by atoms with Gasteiger partial charge < -0.3 is 5.11 Å². The normalized spacial score (nSPS) is 18.7. The number of nitrogens with one attached hydrogen (secondary N) is 1. The topological polar surface area (TPSA) is 109 Å². The van der Waals surface area contributed by atoms with Gasteiger partial charge in [-0.1, -0.05) is 11.6 Å². The highest BCUT2D eigenvalue weighted by molar-refractivity contribution is 6.30. The summed E-state index contributed by atoms with van der Waals surface area (Å²) in [4.78, 5) is 24.7. The number of H-pyrrole nitrogens is 1. The van der Waals surface area contributed by atoms with Crippen molar-refractivity contribution in [2.45, 2.75) is 25.7 Å². The largest absolute Gasteiger partial charge is 0.480 e. The smallest absolute Gasteiger partial charge is 0.343 e. The third kappa shape index (κ3) is 2.34. The number of aromatic nitrogens is 5. The molecule has 112 valence electrons. The van der Waals surface area contributed by atoms with Crippen LogP contribution >= 0.6 is 11.6 Å². The number of carboxylic acids is 1. The van der Waals surface area contributed by atoms with Gasteiger partial charge in [-0.3, -0.25) is 18.9 Å². The van der Waals surface area contributed by atoms with Gasteiger partial charge in [0.15, 0.2) is 0 Å². The molecule has 1 unspecified atom stereocenters. The van der Waals surface area contributed by atoms with Crippen LogP contribution in [0.2, 0.25) is 5.15 Å². The second-order valence-electron chi connectivity index (χ2n) is 4.90. The first kappa shape index (κ1) is 13.8. The number of rotatable bonds is 3. The minimum absolute atomic E-state index is 0.0535. The molecule has 3 heterocycles. The maximum Gasteiger partial charge on any atom is 0.343 e. The molecule has 0 aromatic carbocycles. The van der Waals surface area contributed by atoms with E-state index in [0.717, 1.165) is 5.56 Å². The van der Waals surface area contributed by atoms with Crippen molar-refractivity contribution in [3.8, 4) is 0 Å². The molecule has 0 saturated heterocycles. The van der Waals surface area contributed by atoms with Crippen LogP contribution in [-0.2, 0) is 31.5 Å². The Balaban J connectivity index is 1.91. The molecular weight excluding hydrogens is 300 g/mol. The Hall–Kier alpha value is -2.13. The number of aliphatic carboxylic acids is 1. The van der Waals surface area contributed by atoms with E-state index in [0.29, 0.717) is 17.5 Å². The molecule has 1 aliphatic heterocycles. The van der Waals surface area contributed by atoms with Crippen molar-refractivity contribution < 1.29 is 9.90 Å². The fourth-order valence-electron chi connectivity index (χ4n) is 2.43. The fourth-order valence-corrected chi connectivity index (χ4v) is 2.59. The molecule has 0 fully saturated rings. The number of aryl methyl sites for hydroxylation is 1. The summed E-state index contributed by atoms with van der Waals surface area (Å²) < 4.78 is 2.86. The molecule has 2 aromatic rings. The SMILES string of the molecule is Cn1ncc(CN2Cc3n[nH]c(=O)n3CC2C(=O)O)c1Cl. The molecule has 3 rings (SSSR count). The van der Waals surface area contributed by atoms with Crippen LogP contribution in [0.25, 0.3) is 0 Å². The molecule has 2 N–H and O–H groups in total. The van der Waals surface area contributed by atoms with Gasteiger partial charge in [0.2, 0.25) is 0 Å². The van der Waals surface area contributed by atoms with Crippen molar-refractivity contribution in [3.63, 3.8) is 0 Å². The molecule has 1 aliphatic rings. The molecule has 0 bridgehead atoms. The second-order valence-corrected chi connectivity index (χ2v) is 5.26. The molecule has 0 amide bonds. The zero-order valence-electron chi connectivity index (χ0n) is 11.2. The van der Waals surface area contributed by atoms with Crippen molar-refractivity contribution >= 4 is 17.6 Å². The van der Waals surface area contributed by atoms with Crippen molar-refractivity contribution in [2.24, 2.45) is 7.05 Å². The number of carboxylic acid groups (broad SMARTS) is 1. The molecule has 0 spiro atoms. The third-order valence-electron chi connectivity index (χ3n) is 3.57. The number of nitrogens with zero attached hydrogens (tertiary/aromatic N) is 5. The van der Waals surface area contributed by atoms with Crippen molar-refractivity contribution in [1.82, 2.24) is 29.4 Å². The summed E-state index contributed by atoms with van der Waals surface area (Å²) in [6, 6.07) is -0.816. The molecular formula is C11H13ClN6O3. The van der Waals surface area contributed by atoms with Gasteiger partial charge >= 0.3 is 11.7 Å². The number of hydrogen-bond donors (Lipinski definition) is 2. The fraction of sp³-hybridized carbons (Fsp3) is 0.455. The Kier molecular flexibility index (Phi) is 3.30. The number of fused-ring (bicyclic) bond motifs is 1. The van der Waals surface area contributed by atoms with Crippen LogP contribution < -0.4 is 5.69 Å². The summed E-state index contributed by atoms with van der Waals surface area (Å²) in [5.41, 5.74) is 0.340. The average molecular weight is 313 g/mol. The average Bonchev–Trinajstić information content (AvgIpc) is 2.95. The van der Waals surface area contributed by atoms with E-state index in [2.05, 4.69) is 15.3 Å². The van der Waals surface area contributed by atoms with Crippen LogP contribution in [0.5, 0.6) is 0 Å². The first-order valence-corrected chi connectivity index (χ1v) is 6.62. The summed E-state index contributed by atoms with van der Waals surface area (Å²) in [6.07, 6.45) is 1.60. The quantitative estimate of drug-likeness (QED) is 0.785. The summed E-state index contributed by atoms with van der Waals surface area (Å²) in [5, 5.41) is 20.1. The third-order valence-corrected chi connectivity index (χ3v) is 4.06. The molecule has 2 aromatic heterocycles. The second kappa shape index (κ2) is 5.01. The lowest BCUT2D eigenvalue weighted by Gasteiger charge is -2.32. The van der Waals surface area contributed by atoms with E-state index in [-0.39, 0.29) is 13.1 Å². The van der Waals surface area contributed by atoms with Gasteiger partial charge in [0.05, 0.1) is 19.3 Å². The van der Waals surface area contributed by atoms with Crippen LogP contribution in [0.3, 0.4) is 0 Å². The molecule has 0 saturated carbocycles.